The Morgan fingerprint density at radius 3 is 2.38 bits per heavy atom. The van der Waals surface area contributed by atoms with Crippen LogP contribution in [0.2, 0.25) is 0 Å². The van der Waals surface area contributed by atoms with Crippen molar-refractivity contribution in [3.8, 4) is 5.88 Å². The normalized spacial score (nSPS) is 12.5. The van der Waals surface area contributed by atoms with Gasteiger partial charge in [0.25, 0.3) is 10.1 Å². The summed E-state index contributed by atoms with van der Waals surface area (Å²) in [6.07, 6.45) is 3.78. The molecule has 6 nitrogen and oxygen atoms in total. The first kappa shape index (κ1) is 23.9. The van der Waals surface area contributed by atoms with E-state index < -0.39 is 10.1 Å². The first-order valence-electron chi connectivity index (χ1n) is 11.4. The summed E-state index contributed by atoms with van der Waals surface area (Å²) in [5.41, 5.74) is 3.02. The van der Waals surface area contributed by atoms with Gasteiger partial charge in [0.05, 0.1) is 29.0 Å². The predicted molar refractivity (Wildman–Crippen MR) is 132 cm³/mol. The van der Waals surface area contributed by atoms with Crippen molar-refractivity contribution in [1.29, 1.82) is 0 Å². The predicted octanol–water partition coefficient (Wildman–Crippen LogP) is 5.68. The number of hydrogen-bond donors (Lipinski definition) is 0. The molecule has 0 saturated carbocycles. The zero-order valence-electron chi connectivity index (χ0n) is 19.1. The van der Waals surface area contributed by atoms with Crippen LogP contribution in [0.3, 0.4) is 0 Å². The van der Waals surface area contributed by atoms with Crippen molar-refractivity contribution in [2.75, 3.05) is 13.2 Å². The molecule has 0 radical (unpaired) electrons. The van der Waals surface area contributed by atoms with Gasteiger partial charge in [0.15, 0.2) is 0 Å². The number of unbranched alkanes of at least 4 members (excludes halogenated alkanes) is 1. The third kappa shape index (κ3) is 6.18. The first-order chi connectivity index (χ1) is 16.5. The smallest absolute Gasteiger partial charge is 0.296 e. The van der Waals surface area contributed by atoms with Gasteiger partial charge in [-0.25, -0.2) is 9.97 Å². The number of ether oxygens (including phenoxy) is 1. The van der Waals surface area contributed by atoms with Crippen LogP contribution < -0.4 is 4.74 Å². The molecule has 0 aliphatic heterocycles. The lowest BCUT2D eigenvalue weighted by atomic mass is 9.94. The number of para-hydroxylation sites is 1. The van der Waals surface area contributed by atoms with E-state index in [1.807, 2.05) is 49.4 Å². The van der Waals surface area contributed by atoms with E-state index in [1.54, 1.807) is 24.3 Å². The summed E-state index contributed by atoms with van der Waals surface area (Å²) in [6, 6.07) is 24.6. The Morgan fingerprint density at radius 1 is 0.853 bits per heavy atom. The molecule has 0 saturated heterocycles. The molecule has 176 valence electrons. The molecule has 0 aliphatic carbocycles. The number of aryl methyl sites for hydroxylation is 1. The van der Waals surface area contributed by atoms with Crippen molar-refractivity contribution in [2.24, 2.45) is 0 Å². The summed E-state index contributed by atoms with van der Waals surface area (Å²) in [4.78, 5) is 8.80. The number of nitrogens with zero attached hydrogens (tertiary/aromatic N) is 2. The van der Waals surface area contributed by atoms with Gasteiger partial charge in [-0.15, -0.1) is 0 Å². The Hall–Kier alpha value is -3.29. The van der Waals surface area contributed by atoms with Crippen molar-refractivity contribution in [1.82, 2.24) is 9.97 Å². The minimum atomic E-state index is -3.74. The van der Waals surface area contributed by atoms with Crippen molar-refractivity contribution >= 4 is 21.0 Å². The highest BCUT2D eigenvalue weighted by atomic mass is 32.2. The second-order valence-corrected chi connectivity index (χ2v) is 9.81. The van der Waals surface area contributed by atoms with Gasteiger partial charge in [-0.2, -0.15) is 8.42 Å². The molecule has 1 aromatic heterocycles. The van der Waals surface area contributed by atoms with Crippen LogP contribution in [0.4, 0.5) is 0 Å². The summed E-state index contributed by atoms with van der Waals surface area (Å²) in [5, 5.41) is 0.881. The summed E-state index contributed by atoms with van der Waals surface area (Å²) >= 11 is 0. The SMILES string of the molecule is Cc1ccc(S(=O)(=O)OCCCCC(COc2ncnc3ccccc23)c2ccccc2)cc1. The van der Waals surface area contributed by atoms with Gasteiger partial charge in [0.2, 0.25) is 5.88 Å². The highest BCUT2D eigenvalue weighted by molar-refractivity contribution is 7.86. The summed E-state index contributed by atoms with van der Waals surface area (Å²) < 4.78 is 36.1. The molecule has 4 aromatic rings. The molecule has 4 rings (SSSR count). The van der Waals surface area contributed by atoms with E-state index in [0.717, 1.165) is 29.3 Å². The average molecular weight is 477 g/mol. The molecule has 0 spiro atoms. The lowest BCUT2D eigenvalue weighted by Gasteiger charge is -2.18. The second-order valence-electron chi connectivity index (χ2n) is 8.20. The van der Waals surface area contributed by atoms with Crippen LogP contribution >= 0.6 is 0 Å². The Morgan fingerprint density at radius 2 is 1.59 bits per heavy atom. The molecule has 1 atom stereocenters. The fourth-order valence-electron chi connectivity index (χ4n) is 3.78. The van der Waals surface area contributed by atoms with E-state index >= 15 is 0 Å². The summed E-state index contributed by atoms with van der Waals surface area (Å²) in [6.45, 7) is 2.53. The summed E-state index contributed by atoms with van der Waals surface area (Å²) in [7, 11) is -3.74. The lowest BCUT2D eigenvalue weighted by Crippen LogP contribution is -2.12. The van der Waals surface area contributed by atoms with Crippen molar-refractivity contribution in [3.05, 3.63) is 96.3 Å². The largest absolute Gasteiger partial charge is 0.476 e. The molecule has 1 heterocycles. The molecular formula is C27H28N2O4S. The van der Waals surface area contributed by atoms with E-state index in [9.17, 15) is 8.42 Å². The van der Waals surface area contributed by atoms with Crippen LogP contribution in [0, 0.1) is 6.92 Å². The molecule has 1 unspecified atom stereocenters. The minimum absolute atomic E-state index is 0.142. The standard InChI is InChI=1S/C27H28N2O4S/c1-21-14-16-24(17-15-21)34(30,31)33-18-8-7-11-23(22-9-3-2-4-10-22)19-32-27-25-12-5-6-13-26(25)28-20-29-27/h2-6,9-10,12-17,20,23H,7-8,11,18-19H2,1H3. The quantitative estimate of drug-likeness (QED) is 0.205. The van der Waals surface area contributed by atoms with Gasteiger partial charge in [-0.3, -0.25) is 4.18 Å². The molecule has 0 N–H and O–H groups in total. The maximum Gasteiger partial charge on any atom is 0.296 e. The van der Waals surface area contributed by atoms with E-state index in [2.05, 4.69) is 22.1 Å². The lowest BCUT2D eigenvalue weighted by molar-refractivity contribution is 0.264. The highest BCUT2D eigenvalue weighted by Crippen LogP contribution is 2.26. The molecule has 0 aliphatic rings. The molecule has 7 heteroatoms. The molecule has 0 bridgehead atoms. The number of aromatic nitrogens is 2. The molecular weight excluding hydrogens is 448 g/mol. The van der Waals surface area contributed by atoms with E-state index in [1.165, 1.54) is 11.9 Å². The molecule has 0 amide bonds. The number of fused-ring (bicyclic) bond motifs is 1. The van der Waals surface area contributed by atoms with Crippen LogP contribution in [0.5, 0.6) is 5.88 Å². The van der Waals surface area contributed by atoms with Crippen molar-refractivity contribution < 1.29 is 17.3 Å². The minimum Gasteiger partial charge on any atom is -0.476 e. The summed E-state index contributed by atoms with van der Waals surface area (Å²) in [5.74, 6) is 0.711. The Balaban J connectivity index is 1.34. The van der Waals surface area contributed by atoms with Crippen LogP contribution in [0.1, 0.15) is 36.3 Å². The van der Waals surface area contributed by atoms with Gasteiger partial charge >= 0.3 is 0 Å². The number of hydrogen-bond acceptors (Lipinski definition) is 6. The molecule has 3 aromatic carbocycles. The fourth-order valence-corrected chi connectivity index (χ4v) is 4.72. The van der Waals surface area contributed by atoms with Crippen LogP contribution in [-0.2, 0) is 14.3 Å². The van der Waals surface area contributed by atoms with E-state index in [0.29, 0.717) is 18.9 Å². The fraction of sp³-hybridized carbons (Fsp3) is 0.259. The van der Waals surface area contributed by atoms with Crippen LogP contribution in [0.25, 0.3) is 10.9 Å². The van der Waals surface area contributed by atoms with E-state index in [-0.39, 0.29) is 17.4 Å². The maximum absolute atomic E-state index is 12.4. The monoisotopic (exact) mass is 476 g/mol. The Kier molecular flexibility index (Phi) is 7.87. The Labute approximate surface area is 200 Å². The van der Waals surface area contributed by atoms with Gasteiger partial charge in [0, 0.05) is 5.92 Å². The first-order valence-corrected chi connectivity index (χ1v) is 12.8. The average Bonchev–Trinajstić information content (AvgIpc) is 2.86. The van der Waals surface area contributed by atoms with Crippen molar-refractivity contribution in [2.45, 2.75) is 37.0 Å². The molecule has 0 fully saturated rings. The third-order valence-electron chi connectivity index (χ3n) is 5.69. The van der Waals surface area contributed by atoms with Crippen LogP contribution in [0.15, 0.2) is 90.1 Å². The number of rotatable bonds is 11. The topological polar surface area (TPSA) is 78.4 Å². The van der Waals surface area contributed by atoms with Gasteiger partial charge < -0.3 is 4.74 Å². The Bertz CT molecular complexity index is 1300. The zero-order chi connectivity index (χ0) is 23.8. The third-order valence-corrected chi connectivity index (χ3v) is 7.02. The number of benzene rings is 3. The maximum atomic E-state index is 12.4. The van der Waals surface area contributed by atoms with Crippen LogP contribution in [-0.4, -0.2) is 31.6 Å². The van der Waals surface area contributed by atoms with Gasteiger partial charge in [-0.05, 0) is 49.6 Å². The van der Waals surface area contributed by atoms with Gasteiger partial charge in [0.1, 0.15) is 6.33 Å². The molecule has 34 heavy (non-hydrogen) atoms. The van der Waals surface area contributed by atoms with Crippen molar-refractivity contribution in [3.63, 3.8) is 0 Å². The van der Waals surface area contributed by atoms with E-state index in [4.69, 9.17) is 8.92 Å². The highest BCUT2D eigenvalue weighted by Gasteiger charge is 2.16. The second kappa shape index (κ2) is 11.2. The van der Waals surface area contributed by atoms with Gasteiger partial charge in [-0.1, -0.05) is 66.6 Å². The zero-order valence-corrected chi connectivity index (χ0v) is 19.9.